The molecule has 0 N–H and O–H groups in total. The van der Waals surface area contributed by atoms with Crippen LogP contribution in [0.4, 0.5) is 0 Å². The van der Waals surface area contributed by atoms with Gasteiger partial charge in [0.05, 0.1) is 0 Å². The van der Waals surface area contributed by atoms with Crippen molar-refractivity contribution in [2.45, 2.75) is 40.0 Å². The molecule has 3 atom stereocenters. The standard InChI is InChI=1S/C19H24/c1-13-10-17(14-8-6-5-7-9-14)18-12-15(11-16(13)18)19(2,3)4/h5-9,11-13,16-17H,10H2,1-4H3. The van der Waals surface area contributed by atoms with E-state index in [1.165, 1.54) is 17.6 Å². The molecule has 0 amide bonds. The van der Waals surface area contributed by atoms with E-state index in [1.54, 1.807) is 5.57 Å². The second-order valence-electron chi connectivity index (χ2n) is 7.22. The van der Waals surface area contributed by atoms with Crippen LogP contribution in [0.2, 0.25) is 0 Å². The van der Waals surface area contributed by atoms with Gasteiger partial charge in [0, 0.05) is 11.8 Å². The molecule has 3 rings (SSSR count). The minimum absolute atomic E-state index is 0.276. The Morgan fingerprint density at radius 2 is 1.74 bits per heavy atom. The second-order valence-corrected chi connectivity index (χ2v) is 7.22. The van der Waals surface area contributed by atoms with Crippen molar-refractivity contribution in [2.24, 2.45) is 17.3 Å². The van der Waals surface area contributed by atoms with Crippen LogP contribution < -0.4 is 0 Å². The van der Waals surface area contributed by atoms with Crippen molar-refractivity contribution in [3.8, 4) is 0 Å². The van der Waals surface area contributed by atoms with Crippen LogP contribution in [0, 0.1) is 17.3 Å². The summed E-state index contributed by atoms with van der Waals surface area (Å²) < 4.78 is 0. The van der Waals surface area contributed by atoms with Crippen LogP contribution in [0.15, 0.2) is 53.6 Å². The minimum atomic E-state index is 0.276. The largest absolute Gasteiger partial charge is 0.0733 e. The monoisotopic (exact) mass is 252 g/mol. The topological polar surface area (TPSA) is 0 Å². The summed E-state index contributed by atoms with van der Waals surface area (Å²) in [5, 5.41) is 0. The molecule has 0 radical (unpaired) electrons. The molecule has 1 aromatic carbocycles. The number of hydrogen-bond acceptors (Lipinski definition) is 0. The first kappa shape index (κ1) is 12.7. The Labute approximate surface area is 117 Å². The molecule has 2 aliphatic carbocycles. The van der Waals surface area contributed by atoms with Gasteiger partial charge in [0.25, 0.3) is 0 Å². The smallest absolute Gasteiger partial charge is 0.00602 e. The van der Waals surface area contributed by atoms with E-state index in [-0.39, 0.29) is 5.41 Å². The van der Waals surface area contributed by atoms with Crippen molar-refractivity contribution in [3.05, 3.63) is 59.2 Å². The van der Waals surface area contributed by atoms with Crippen molar-refractivity contribution in [1.29, 1.82) is 0 Å². The molecule has 0 nitrogen and oxygen atoms in total. The van der Waals surface area contributed by atoms with Gasteiger partial charge in [0.1, 0.15) is 0 Å². The predicted octanol–water partition coefficient (Wildman–Crippen LogP) is 5.34. The third-order valence-electron chi connectivity index (χ3n) is 4.76. The van der Waals surface area contributed by atoms with Crippen LogP contribution >= 0.6 is 0 Å². The molecule has 19 heavy (non-hydrogen) atoms. The number of benzene rings is 1. The van der Waals surface area contributed by atoms with E-state index in [2.05, 4.69) is 70.2 Å². The van der Waals surface area contributed by atoms with Gasteiger partial charge in [0.15, 0.2) is 0 Å². The van der Waals surface area contributed by atoms with Crippen molar-refractivity contribution in [2.75, 3.05) is 0 Å². The Bertz CT molecular complexity index is 525. The number of hydrogen-bond donors (Lipinski definition) is 0. The Morgan fingerprint density at radius 1 is 1.05 bits per heavy atom. The van der Waals surface area contributed by atoms with Crippen LogP contribution in [0.5, 0.6) is 0 Å². The summed E-state index contributed by atoms with van der Waals surface area (Å²) in [5.74, 6) is 2.09. The summed E-state index contributed by atoms with van der Waals surface area (Å²) in [4.78, 5) is 0. The summed E-state index contributed by atoms with van der Waals surface area (Å²) in [7, 11) is 0. The van der Waals surface area contributed by atoms with Gasteiger partial charge in [-0.3, -0.25) is 0 Å². The van der Waals surface area contributed by atoms with Crippen molar-refractivity contribution >= 4 is 0 Å². The SMILES string of the molecule is CC1CC(c2ccccc2)C2=CC(C(C)(C)C)=CC21. The number of allylic oxidation sites excluding steroid dienone is 4. The first-order valence-electron chi connectivity index (χ1n) is 7.45. The molecule has 0 heterocycles. The van der Waals surface area contributed by atoms with Crippen LogP contribution in [0.1, 0.15) is 45.6 Å². The highest BCUT2D eigenvalue weighted by molar-refractivity contribution is 5.47. The first-order chi connectivity index (χ1) is 8.97. The van der Waals surface area contributed by atoms with Crippen LogP contribution in [-0.4, -0.2) is 0 Å². The average molecular weight is 252 g/mol. The maximum Gasteiger partial charge on any atom is 0.00602 e. The molecule has 0 spiro atoms. The van der Waals surface area contributed by atoms with E-state index < -0.39 is 0 Å². The lowest BCUT2D eigenvalue weighted by atomic mass is 9.85. The third kappa shape index (κ3) is 2.18. The lowest BCUT2D eigenvalue weighted by Gasteiger charge is -2.20. The van der Waals surface area contributed by atoms with Gasteiger partial charge in [0.2, 0.25) is 0 Å². The molecule has 0 aliphatic heterocycles. The quantitative estimate of drug-likeness (QED) is 0.633. The molecule has 1 fully saturated rings. The highest BCUT2D eigenvalue weighted by Gasteiger charge is 2.39. The molecule has 100 valence electrons. The summed E-state index contributed by atoms with van der Waals surface area (Å²) in [6.07, 6.45) is 6.32. The van der Waals surface area contributed by atoms with E-state index >= 15 is 0 Å². The van der Waals surface area contributed by atoms with Crippen molar-refractivity contribution in [3.63, 3.8) is 0 Å². The van der Waals surface area contributed by atoms with E-state index in [1.807, 2.05) is 0 Å². The Morgan fingerprint density at radius 3 is 2.37 bits per heavy atom. The predicted molar refractivity (Wildman–Crippen MR) is 82.1 cm³/mol. The Hall–Kier alpha value is -1.30. The van der Waals surface area contributed by atoms with E-state index in [9.17, 15) is 0 Å². The Balaban J connectivity index is 1.96. The summed E-state index contributed by atoms with van der Waals surface area (Å²) in [6, 6.07) is 11.0. The maximum absolute atomic E-state index is 2.53. The highest BCUT2D eigenvalue weighted by atomic mass is 14.4. The fraction of sp³-hybridized carbons (Fsp3) is 0.474. The van der Waals surface area contributed by atoms with Gasteiger partial charge in [-0.25, -0.2) is 0 Å². The molecular weight excluding hydrogens is 228 g/mol. The molecule has 0 bridgehead atoms. The summed E-state index contributed by atoms with van der Waals surface area (Å²) in [6.45, 7) is 9.36. The Kier molecular flexibility index (Phi) is 2.92. The summed E-state index contributed by atoms with van der Waals surface area (Å²) in [5.41, 5.74) is 4.95. The molecule has 1 aromatic rings. The zero-order valence-corrected chi connectivity index (χ0v) is 12.5. The third-order valence-corrected chi connectivity index (χ3v) is 4.76. The number of fused-ring (bicyclic) bond motifs is 1. The lowest BCUT2D eigenvalue weighted by Crippen LogP contribution is -2.07. The van der Waals surface area contributed by atoms with Crippen LogP contribution in [-0.2, 0) is 0 Å². The molecule has 3 unspecified atom stereocenters. The maximum atomic E-state index is 2.53. The fourth-order valence-electron chi connectivity index (χ4n) is 3.57. The minimum Gasteiger partial charge on any atom is -0.0733 e. The zero-order chi connectivity index (χ0) is 13.6. The first-order valence-corrected chi connectivity index (χ1v) is 7.45. The van der Waals surface area contributed by atoms with Gasteiger partial charge in [-0.05, 0) is 28.9 Å². The van der Waals surface area contributed by atoms with Crippen LogP contribution in [0.25, 0.3) is 0 Å². The average Bonchev–Trinajstić information content (AvgIpc) is 2.91. The fourth-order valence-corrected chi connectivity index (χ4v) is 3.57. The molecule has 0 heteroatoms. The molecule has 2 aliphatic rings. The highest BCUT2D eigenvalue weighted by Crippen LogP contribution is 2.52. The van der Waals surface area contributed by atoms with Crippen molar-refractivity contribution in [1.82, 2.24) is 0 Å². The molecular formula is C19H24. The van der Waals surface area contributed by atoms with Gasteiger partial charge in [-0.1, -0.05) is 75.8 Å². The normalized spacial score (nSPS) is 30.0. The van der Waals surface area contributed by atoms with Crippen molar-refractivity contribution < 1.29 is 0 Å². The molecule has 1 saturated carbocycles. The van der Waals surface area contributed by atoms with E-state index in [0.29, 0.717) is 11.8 Å². The second kappa shape index (κ2) is 4.37. The summed E-state index contributed by atoms with van der Waals surface area (Å²) >= 11 is 0. The van der Waals surface area contributed by atoms with Gasteiger partial charge in [-0.15, -0.1) is 0 Å². The molecule has 0 aromatic heterocycles. The van der Waals surface area contributed by atoms with E-state index in [0.717, 1.165) is 5.92 Å². The van der Waals surface area contributed by atoms with E-state index in [4.69, 9.17) is 0 Å². The van der Waals surface area contributed by atoms with Gasteiger partial charge in [-0.2, -0.15) is 0 Å². The van der Waals surface area contributed by atoms with Crippen LogP contribution in [0.3, 0.4) is 0 Å². The van der Waals surface area contributed by atoms with Gasteiger partial charge < -0.3 is 0 Å². The molecule has 0 saturated heterocycles. The zero-order valence-electron chi connectivity index (χ0n) is 12.5. The lowest BCUT2D eigenvalue weighted by molar-refractivity contribution is 0.497. The van der Waals surface area contributed by atoms with Gasteiger partial charge >= 0.3 is 0 Å². The number of rotatable bonds is 1.